The number of alkyl halides is 3. The summed E-state index contributed by atoms with van der Waals surface area (Å²) in [4.78, 5) is 9.48. The first-order chi connectivity index (χ1) is 13.9. The SMILES string of the molecule is CN=C(NCC1CCN(CC(F)(F)F)C1)NCC(c1cccs1)N1CCOCC1. The number of nitrogens with zero attached hydrogens (tertiary/aromatic N) is 3. The Balaban J connectivity index is 1.46. The van der Waals surface area contributed by atoms with Crippen molar-refractivity contribution in [1.82, 2.24) is 20.4 Å². The Bertz CT molecular complexity index is 634. The number of halogens is 3. The first kappa shape index (κ1) is 22.3. The third-order valence-corrected chi connectivity index (χ3v) is 6.35. The molecule has 2 N–H and O–H groups in total. The maximum absolute atomic E-state index is 12.6. The molecule has 164 valence electrons. The molecular formula is C19H30F3N5OS. The molecule has 1 aromatic heterocycles. The predicted molar refractivity (Wildman–Crippen MR) is 109 cm³/mol. The zero-order valence-electron chi connectivity index (χ0n) is 16.7. The van der Waals surface area contributed by atoms with Gasteiger partial charge < -0.3 is 15.4 Å². The zero-order valence-corrected chi connectivity index (χ0v) is 17.6. The fraction of sp³-hybridized carbons (Fsp3) is 0.737. The fourth-order valence-electron chi connectivity index (χ4n) is 3.91. The summed E-state index contributed by atoms with van der Waals surface area (Å²) in [5, 5.41) is 8.77. The van der Waals surface area contributed by atoms with E-state index in [1.165, 1.54) is 9.78 Å². The van der Waals surface area contributed by atoms with E-state index in [9.17, 15) is 13.2 Å². The molecular weight excluding hydrogens is 403 g/mol. The Morgan fingerprint density at radius 2 is 2.10 bits per heavy atom. The van der Waals surface area contributed by atoms with Crippen LogP contribution in [0.2, 0.25) is 0 Å². The fourth-order valence-corrected chi connectivity index (χ4v) is 4.77. The van der Waals surface area contributed by atoms with Gasteiger partial charge in [-0.15, -0.1) is 11.3 Å². The minimum absolute atomic E-state index is 0.197. The van der Waals surface area contributed by atoms with Crippen molar-refractivity contribution < 1.29 is 17.9 Å². The molecule has 0 aliphatic carbocycles. The van der Waals surface area contributed by atoms with Crippen molar-refractivity contribution >= 4 is 17.3 Å². The van der Waals surface area contributed by atoms with E-state index in [-0.39, 0.29) is 12.0 Å². The molecule has 2 aliphatic heterocycles. The maximum atomic E-state index is 12.6. The van der Waals surface area contributed by atoms with Crippen molar-refractivity contribution in [2.24, 2.45) is 10.9 Å². The summed E-state index contributed by atoms with van der Waals surface area (Å²) in [5.41, 5.74) is 0. The van der Waals surface area contributed by atoms with Crippen molar-refractivity contribution in [3.63, 3.8) is 0 Å². The zero-order chi connectivity index (χ0) is 20.7. The summed E-state index contributed by atoms with van der Waals surface area (Å²) in [5.74, 6) is 0.886. The van der Waals surface area contributed by atoms with Gasteiger partial charge in [0.15, 0.2) is 5.96 Å². The number of likely N-dealkylation sites (tertiary alicyclic amines) is 1. The van der Waals surface area contributed by atoms with Crippen molar-refractivity contribution in [1.29, 1.82) is 0 Å². The molecule has 1 aromatic rings. The number of rotatable bonds is 7. The third-order valence-electron chi connectivity index (χ3n) is 5.38. The van der Waals surface area contributed by atoms with Crippen molar-refractivity contribution in [2.45, 2.75) is 18.6 Å². The maximum Gasteiger partial charge on any atom is 0.401 e. The molecule has 2 atom stereocenters. The van der Waals surface area contributed by atoms with Gasteiger partial charge in [0.2, 0.25) is 0 Å². The lowest BCUT2D eigenvalue weighted by Gasteiger charge is -2.34. The van der Waals surface area contributed by atoms with Gasteiger partial charge in [-0.2, -0.15) is 13.2 Å². The Hall–Kier alpha value is -1.36. The summed E-state index contributed by atoms with van der Waals surface area (Å²) in [7, 11) is 1.72. The lowest BCUT2D eigenvalue weighted by molar-refractivity contribution is -0.143. The van der Waals surface area contributed by atoms with Gasteiger partial charge in [-0.05, 0) is 30.3 Å². The Labute approximate surface area is 174 Å². The topological polar surface area (TPSA) is 52.1 Å². The van der Waals surface area contributed by atoms with Crippen LogP contribution in [0.15, 0.2) is 22.5 Å². The van der Waals surface area contributed by atoms with Crippen LogP contribution in [0.3, 0.4) is 0 Å². The van der Waals surface area contributed by atoms with Crippen molar-refractivity contribution in [3.05, 3.63) is 22.4 Å². The number of aliphatic imine (C=N–C) groups is 1. The van der Waals surface area contributed by atoms with Gasteiger partial charge >= 0.3 is 6.18 Å². The highest BCUT2D eigenvalue weighted by molar-refractivity contribution is 7.10. The van der Waals surface area contributed by atoms with E-state index in [1.807, 2.05) is 0 Å². The van der Waals surface area contributed by atoms with Crippen molar-refractivity contribution in [3.8, 4) is 0 Å². The quantitative estimate of drug-likeness (QED) is 0.510. The smallest absolute Gasteiger partial charge is 0.379 e. The summed E-state index contributed by atoms with van der Waals surface area (Å²) < 4.78 is 43.1. The number of morpholine rings is 1. The highest BCUT2D eigenvalue weighted by Gasteiger charge is 2.34. The van der Waals surface area contributed by atoms with Crippen LogP contribution in [0, 0.1) is 5.92 Å². The number of nitrogens with one attached hydrogen (secondary N) is 2. The van der Waals surface area contributed by atoms with E-state index < -0.39 is 12.7 Å². The molecule has 2 fully saturated rings. The monoisotopic (exact) mass is 433 g/mol. The number of hydrogen-bond acceptors (Lipinski definition) is 5. The van der Waals surface area contributed by atoms with Gasteiger partial charge in [0, 0.05) is 44.6 Å². The van der Waals surface area contributed by atoms with Gasteiger partial charge in [0.05, 0.1) is 25.8 Å². The number of ether oxygens (including phenoxy) is 1. The van der Waals surface area contributed by atoms with Gasteiger partial charge in [0.25, 0.3) is 0 Å². The number of hydrogen-bond donors (Lipinski definition) is 2. The minimum atomic E-state index is -4.13. The first-order valence-electron chi connectivity index (χ1n) is 10.0. The molecule has 2 aliphatic rings. The molecule has 0 saturated carbocycles. The molecule has 10 heteroatoms. The molecule has 0 radical (unpaired) electrons. The van der Waals surface area contributed by atoms with E-state index in [0.717, 1.165) is 32.7 Å². The predicted octanol–water partition coefficient (Wildman–Crippen LogP) is 2.17. The average molecular weight is 434 g/mol. The molecule has 2 saturated heterocycles. The summed E-state index contributed by atoms with van der Waals surface area (Å²) >= 11 is 1.74. The van der Waals surface area contributed by atoms with Crippen molar-refractivity contribution in [2.75, 3.05) is 66.1 Å². The lowest BCUT2D eigenvalue weighted by Crippen LogP contribution is -2.47. The van der Waals surface area contributed by atoms with E-state index in [4.69, 9.17) is 4.74 Å². The van der Waals surface area contributed by atoms with Crippen LogP contribution in [-0.4, -0.2) is 88.0 Å². The molecule has 0 aromatic carbocycles. The molecule has 0 spiro atoms. The van der Waals surface area contributed by atoms with Crippen LogP contribution < -0.4 is 10.6 Å². The number of guanidine groups is 1. The van der Waals surface area contributed by atoms with Gasteiger partial charge in [-0.1, -0.05) is 6.07 Å². The normalized spacial score (nSPS) is 23.3. The van der Waals surface area contributed by atoms with Crippen LogP contribution in [-0.2, 0) is 4.74 Å². The first-order valence-corrected chi connectivity index (χ1v) is 10.9. The number of thiophene rings is 1. The Morgan fingerprint density at radius 1 is 1.31 bits per heavy atom. The minimum Gasteiger partial charge on any atom is -0.379 e. The van der Waals surface area contributed by atoms with E-state index in [0.29, 0.717) is 32.1 Å². The molecule has 6 nitrogen and oxygen atoms in total. The van der Waals surface area contributed by atoms with Gasteiger partial charge in [-0.25, -0.2) is 0 Å². The van der Waals surface area contributed by atoms with Gasteiger partial charge in [-0.3, -0.25) is 14.8 Å². The van der Waals surface area contributed by atoms with E-state index >= 15 is 0 Å². The lowest BCUT2D eigenvalue weighted by atomic mass is 10.1. The highest BCUT2D eigenvalue weighted by Crippen LogP contribution is 2.25. The molecule has 2 unspecified atom stereocenters. The van der Waals surface area contributed by atoms with Crippen LogP contribution in [0.4, 0.5) is 13.2 Å². The van der Waals surface area contributed by atoms with E-state index in [1.54, 1.807) is 18.4 Å². The van der Waals surface area contributed by atoms with Crippen LogP contribution in [0.1, 0.15) is 17.3 Å². The largest absolute Gasteiger partial charge is 0.401 e. The summed E-state index contributed by atoms with van der Waals surface area (Å²) in [6.45, 7) is 4.75. The second-order valence-corrected chi connectivity index (χ2v) is 8.50. The molecule has 3 rings (SSSR count). The Morgan fingerprint density at radius 3 is 2.76 bits per heavy atom. The molecule has 0 bridgehead atoms. The third kappa shape index (κ3) is 7.13. The molecule has 3 heterocycles. The Kier molecular flexibility index (Phi) is 8.16. The highest BCUT2D eigenvalue weighted by atomic mass is 32.1. The van der Waals surface area contributed by atoms with Crippen LogP contribution in [0.5, 0.6) is 0 Å². The standard InChI is InChI=1S/C19H30F3N5OS/c1-23-18(24-11-15-4-5-26(13-15)14-19(20,21)22)25-12-16(17-3-2-10-29-17)27-6-8-28-9-7-27/h2-3,10,15-16H,4-9,11-14H2,1H3,(H2,23,24,25). The summed E-state index contributed by atoms with van der Waals surface area (Å²) in [6, 6.07) is 4.45. The second-order valence-electron chi connectivity index (χ2n) is 7.52. The molecule has 0 amide bonds. The molecule has 29 heavy (non-hydrogen) atoms. The summed E-state index contributed by atoms with van der Waals surface area (Å²) in [6.07, 6.45) is -3.36. The van der Waals surface area contributed by atoms with Crippen LogP contribution in [0.25, 0.3) is 0 Å². The van der Waals surface area contributed by atoms with E-state index in [2.05, 4.69) is 38.0 Å². The van der Waals surface area contributed by atoms with Crippen LogP contribution >= 0.6 is 11.3 Å². The van der Waals surface area contributed by atoms with Gasteiger partial charge in [0.1, 0.15) is 0 Å². The second kappa shape index (κ2) is 10.6. The average Bonchev–Trinajstić information content (AvgIpc) is 3.36.